The van der Waals surface area contributed by atoms with Crippen LogP contribution in [0.1, 0.15) is 12.8 Å². The average molecular weight is 305 g/mol. The normalized spacial score (nSPS) is 21.9. The molecule has 1 N–H and O–H groups in total. The third kappa shape index (κ3) is 2.44. The first kappa shape index (κ1) is 12.0. The van der Waals surface area contributed by atoms with Gasteiger partial charge in [0.25, 0.3) is 0 Å². The van der Waals surface area contributed by atoms with Crippen molar-refractivity contribution in [2.24, 2.45) is 0 Å². The van der Waals surface area contributed by atoms with Crippen LogP contribution in [0.4, 0.5) is 0 Å². The SMILES string of the molecule is O=S(=O)(c1cccc(Br)n1)C1CCCNC1. The predicted molar refractivity (Wildman–Crippen MR) is 65.0 cm³/mol. The van der Waals surface area contributed by atoms with Gasteiger partial charge in [-0.1, -0.05) is 6.07 Å². The summed E-state index contributed by atoms with van der Waals surface area (Å²) in [5, 5.41) is 2.92. The lowest BCUT2D eigenvalue weighted by Crippen LogP contribution is -2.39. The van der Waals surface area contributed by atoms with E-state index in [1.807, 2.05) is 0 Å². The van der Waals surface area contributed by atoms with Crippen molar-refractivity contribution in [2.75, 3.05) is 13.1 Å². The molecule has 2 heterocycles. The van der Waals surface area contributed by atoms with Gasteiger partial charge in [0, 0.05) is 6.54 Å². The lowest BCUT2D eigenvalue weighted by Gasteiger charge is -2.22. The van der Waals surface area contributed by atoms with Gasteiger partial charge in [0.15, 0.2) is 14.9 Å². The van der Waals surface area contributed by atoms with Crippen LogP contribution in [-0.2, 0) is 9.84 Å². The highest BCUT2D eigenvalue weighted by Gasteiger charge is 2.29. The molecular formula is C10H13BrN2O2S. The Bertz CT molecular complexity index is 469. The van der Waals surface area contributed by atoms with Gasteiger partial charge in [-0.05, 0) is 47.4 Å². The Morgan fingerprint density at radius 2 is 2.25 bits per heavy atom. The highest BCUT2D eigenvalue weighted by molar-refractivity contribution is 9.10. The van der Waals surface area contributed by atoms with Crippen LogP contribution in [0.15, 0.2) is 27.8 Å². The molecule has 88 valence electrons. The molecule has 4 nitrogen and oxygen atoms in total. The molecule has 1 aliphatic heterocycles. The van der Waals surface area contributed by atoms with Crippen LogP contribution >= 0.6 is 15.9 Å². The van der Waals surface area contributed by atoms with E-state index in [1.54, 1.807) is 18.2 Å². The van der Waals surface area contributed by atoms with Gasteiger partial charge in [-0.3, -0.25) is 0 Å². The van der Waals surface area contributed by atoms with Crippen LogP contribution in [0.25, 0.3) is 0 Å². The second kappa shape index (κ2) is 4.81. The largest absolute Gasteiger partial charge is 0.315 e. The molecule has 1 saturated heterocycles. The van der Waals surface area contributed by atoms with Crippen LogP contribution < -0.4 is 5.32 Å². The number of nitrogens with zero attached hydrogens (tertiary/aromatic N) is 1. The topological polar surface area (TPSA) is 59.1 Å². The summed E-state index contributed by atoms with van der Waals surface area (Å²) in [6, 6.07) is 4.97. The molecule has 0 aliphatic carbocycles. The Balaban J connectivity index is 2.30. The van der Waals surface area contributed by atoms with E-state index in [0.717, 1.165) is 13.0 Å². The average Bonchev–Trinajstić information content (AvgIpc) is 2.30. The van der Waals surface area contributed by atoms with E-state index < -0.39 is 9.84 Å². The van der Waals surface area contributed by atoms with Crippen LogP contribution in [0.5, 0.6) is 0 Å². The van der Waals surface area contributed by atoms with Crippen LogP contribution in [0, 0.1) is 0 Å². The summed E-state index contributed by atoms with van der Waals surface area (Å²) in [7, 11) is -3.29. The fraction of sp³-hybridized carbons (Fsp3) is 0.500. The molecule has 16 heavy (non-hydrogen) atoms. The monoisotopic (exact) mass is 304 g/mol. The zero-order valence-corrected chi connectivity index (χ0v) is 11.1. The van der Waals surface area contributed by atoms with Crippen molar-refractivity contribution in [3.8, 4) is 0 Å². The minimum Gasteiger partial charge on any atom is -0.315 e. The van der Waals surface area contributed by atoms with Crippen molar-refractivity contribution in [3.63, 3.8) is 0 Å². The third-order valence-electron chi connectivity index (χ3n) is 2.67. The van der Waals surface area contributed by atoms with Gasteiger partial charge < -0.3 is 5.32 Å². The lowest BCUT2D eigenvalue weighted by molar-refractivity contribution is 0.495. The van der Waals surface area contributed by atoms with Crippen molar-refractivity contribution >= 4 is 25.8 Å². The van der Waals surface area contributed by atoms with E-state index in [1.165, 1.54) is 0 Å². The maximum Gasteiger partial charge on any atom is 0.199 e. The molecule has 6 heteroatoms. The Morgan fingerprint density at radius 1 is 1.44 bits per heavy atom. The Hall–Kier alpha value is -0.460. The number of hydrogen-bond acceptors (Lipinski definition) is 4. The number of nitrogens with one attached hydrogen (secondary N) is 1. The number of hydrogen-bond donors (Lipinski definition) is 1. The first-order valence-corrected chi connectivity index (χ1v) is 7.52. The minimum absolute atomic E-state index is 0.163. The Kier molecular flexibility index (Phi) is 3.61. The van der Waals surface area contributed by atoms with Gasteiger partial charge >= 0.3 is 0 Å². The Morgan fingerprint density at radius 3 is 2.88 bits per heavy atom. The molecule has 2 rings (SSSR count). The van der Waals surface area contributed by atoms with Gasteiger partial charge in [0.05, 0.1) is 5.25 Å². The zero-order chi connectivity index (χ0) is 11.6. The van der Waals surface area contributed by atoms with Gasteiger partial charge in [0.1, 0.15) is 4.60 Å². The fourth-order valence-electron chi connectivity index (χ4n) is 1.80. The van der Waals surface area contributed by atoms with Crippen molar-refractivity contribution < 1.29 is 8.42 Å². The molecule has 1 aliphatic rings. The molecule has 0 amide bonds. The first-order valence-electron chi connectivity index (χ1n) is 5.18. The van der Waals surface area contributed by atoms with E-state index in [2.05, 4.69) is 26.2 Å². The smallest absolute Gasteiger partial charge is 0.199 e. The number of rotatable bonds is 2. The molecular weight excluding hydrogens is 292 g/mol. The fourth-order valence-corrected chi connectivity index (χ4v) is 3.91. The Labute approximate surface area is 104 Å². The number of aromatic nitrogens is 1. The molecule has 1 aromatic heterocycles. The quantitative estimate of drug-likeness (QED) is 0.839. The molecule has 0 saturated carbocycles. The summed E-state index contributed by atoms with van der Waals surface area (Å²) in [4.78, 5) is 4.02. The van der Waals surface area contributed by atoms with E-state index in [9.17, 15) is 8.42 Å². The predicted octanol–water partition coefficient (Wildman–Crippen LogP) is 1.37. The molecule has 1 aromatic rings. The van der Waals surface area contributed by atoms with Crippen LogP contribution in [0.2, 0.25) is 0 Å². The minimum atomic E-state index is -3.29. The summed E-state index contributed by atoms with van der Waals surface area (Å²) in [5.41, 5.74) is 0. The molecule has 1 unspecified atom stereocenters. The number of piperidine rings is 1. The molecule has 0 spiro atoms. The summed E-state index contributed by atoms with van der Waals surface area (Å²) >= 11 is 3.19. The van der Waals surface area contributed by atoms with Crippen LogP contribution in [0.3, 0.4) is 0 Å². The standard InChI is InChI=1S/C10H13BrN2O2S/c11-9-4-1-5-10(13-9)16(14,15)8-3-2-6-12-7-8/h1,4-5,8,12H,2-3,6-7H2. The molecule has 1 fully saturated rings. The van der Waals surface area contributed by atoms with E-state index >= 15 is 0 Å². The maximum atomic E-state index is 12.2. The third-order valence-corrected chi connectivity index (χ3v) is 5.20. The summed E-state index contributed by atoms with van der Waals surface area (Å²) in [6.45, 7) is 1.43. The second-order valence-electron chi connectivity index (χ2n) is 3.81. The van der Waals surface area contributed by atoms with Gasteiger partial charge in [-0.15, -0.1) is 0 Å². The van der Waals surface area contributed by atoms with E-state index in [4.69, 9.17) is 0 Å². The highest BCUT2D eigenvalue weighted by Crippen LogP contribution is 2.20. The summed E-state index contributed by atoms with van der Waals surface area (Å²) in [6.07, 6.45) is 1.61. The van der Waals surface area contributed by atoms with Gasteiger partial charge in [-0.2, -0.15) is 0 Å². The first-order chi connectivity index (χ1) is 7.60. The summed E-state index contributed by atoms with van der Waals surface area (Å²) in [5.74, 6) is 0. The lowest BCUT2D eigenvalue weighted by atomic mass is 10.2. The van der Waals surface area contributed by atoms with Gasteiger partial charge in [-0.25, -0.2) is 13.4 Å². The molecule has 1 atom stereocenters. The summed E-state index contributed by atoms with van der Waals surface area (Å²) < 4.78 is 25.0. The molecule has 0 aromatic carbocycles. The van der Waals surface area contributed by atoms with Crippen molar-refractivity contribution in [1.29, 1.82) is 0 Å². The van der Waals surface area contributed by atoms with E-state index in [-0.39, 0.29) is 10.3 Å². The zero-order valence-electron chi connectivity index (χ0n) is 8.69. The number of sulfone groups is 1. The molecule has 0 radical (unpaired) electrons. The molecule has 0 bridgehead atoms. The van der Waals surface area contributed by atoms with E-state index in [0.29, 0.717) is 17.6 Å². The van der Waals surface area contributed by atoms with Gasteiger partial charge in [0.2, 0.25) is 0 Å². The van der Waals surface area contributed by atoms with Crippen molar-refractivity contribution in [2.45, 2.75) is 23.1 Å². The second-order valence-corrected chi connectivity index (χ2v) is 6.80. The number of pyridine rings is 1. The van der Waals surface area contributed by atoms with Crippen LogP contribution in [-0.4, -0.2) is 31.7 Å². The maximum absolute atomic E-state index is 12.2. The number of halogens is 1. The highest BCUT2D eigenvalue weighted by atomic mass is 79.9. The van der Waals surface area contributed by atoms with Crippen molar-refractivity contribution in [1.82, 2.24) is 10.3 Å². The van der Waals surface area contributed by atoms with Crippen molar-refractivity contribution in [3.05, 3.63) is 22.8 Å².